The molecule has 0 aromatic heterocycles. The number of nitrogens with one attached hydrogen (secondary N) is 2. The molecule has 0 heterocycles. The van der Waals surface area contributed by atoms with Gasteiger partial charge in [-0.3, -0.25) is 4.99 Å². The van der Waals surface area contributed by atoms with Crippen molar-refractivity contribution in [3.8, 4) is 0 Å². The second-order valence-corrected chi connectivity index (χ2v) is 7.21. The normalized spacial score (nSPS) is 18.0. The fourth-order valence-electron chi connectivity index (χ4n) is 3.46. The standard InChI is InChI=1S/C20H33N3O/c1-4-21-20(22-13-16(9-10-24)11-15(2)3)23-14-18-12-17-7-5-6-8-19(17)18/h5-8,15-16,18,24H,4,9-14H2,1-3H3,(H2,21,22,23). The zero-order chi connectivity index (χ0) is 17.4. The van der Waals surface area contributed by atoms with Gasteiger partial charge in [0.05, 0.1) is 0 Å². The van der Waals surface area contributed by atoms with E-state index in [1.54, 1.807) is 0 Å². The monoisotopic (exact) mass is 331 g/mol. The Labute approximate surface area is 146 Å². The Kier molecular flexibility index (Phi) is 7.57. The Balaban J connectivity index is 1.86. The number of guanidine groups is 1. The van der Waals surface area contributed by atoms with Crippen LogP contribution in [0.3, 0.4) is 0 Å². The largest absolute Gasteiger partial charge is 0.396 e. The molecule has 3 N–H and O–H groups in total. The van der Waals surface area contributed by atoms with Gasteiger partial charge >= 0.3 is 0 Å². The number of hydrogen-bond donors (Lipinski definition) is 3. The first-order valence-corrected chi connectivity index (χ1v) is 9.34. The maximum atomic E-state index is 9.25. The highest BCUT2D eigenvalue weighted by Crippen LogP contribution is 2.33. The molecule has 1 aromatic carbocycles. The van der Waals surface area contributed by atoms with Crippen molar-refractivity contribution < 1.29 is 5.11 Å². The maximum Gasteiger partial charge on any atom is 0.191 e. The van der Waals surface area contributed by atoms with Gasteiger partial charge in [-0.25, -0.2) is 0 Å². The lowest BCUT2D eigenvalue weighted by atomic mass is 9.78. The molecule has 0 fully saturated rings. The quantitative estimate of drug-likeness (QED) is 0.482. The summed E-state index contributed by atoms with van der Waals surface area (Å²) in [5.41, 5.74) is 2.95. The molecule has 0 amide bonds. The van der Waals surface area contributed by atoms with Crippen molar-refractivity contribution in [2.75, 3.05) is 26.2 Å². The van der Waals surface area contributed by atoms with Crippen LogP contribution in [0, 0.1) is 11.8 Å². The lowest BCUT2D eigenvalue weighted by Gasteiger charge is -2.30. The van der Waals surface area contributed by atoms with Crippen LogP contribution in [-0.2, 0) is 6.42 Å². The zero-order valence-electron chi connectivity index (χ0n) is 15.4. The lowest BCUT2D eigenvalue weighted by molar-refractivity contribution is 0.245. The molecule has 24 heavy (non-hydrogen) atoms. The average Bonchev–Trinajstić information content (AvgIpc) is 2.52. The summed E-state index contributed by atoms with van der Waals surface area (Å²) in [7, 11) is 0. The molecule has 2 atom stereocenters. The third-order valence-corrected chi connectivity index (χ3v) is 4.67. The minimum absolute atomic E-state index is 0.246. The zero-order valence-corrected chi connectivity index (χ0v) is 15.4. The van der Waals surface area contributed by atoms with E-state index in [1.165, 1.54) is 11.1 Å². The molecule has 0 bridgehead atoms. The van der Waals surface area contributed by atoms with Gasteiger partial charge in [0, 0.05) is 32.2 Å². The molecule has 0 radical (unpaired) electrons. The summed E-state index contributed by atoms with van der Waals surface area (Å²) in [4.78, 5) is 4.76. The van der Waals surface area contributed by atoms with E-state index in [4.69, 9.17) is 4.99 Å². The SMILES string of the molecule is CCNC(=NCC(CCO)CC(C)C)NCC1Cc2ccccc21. The van der Waals surface area contributed by atoms with Crippen molar-refractivity contribution in [2.24, 2.45) is 16.8 Å². The first-order chi connectivity index (χ1) is 11.6. The molecule has 2 rings (SSSR count). The van der Waals surface area contributed by atoms with Crippen molar-refractivity contribution in [3.05, 3.63) is 35.4 Å². The van der Waals surface area contributed by atoms with Crippen LogP contribution in [0.1, 0.15) is 50.7 Å². The summed E-state index contributed by atoms with van der Waals surface area (Å²) in [5.74, 6) is 2.58. The fourth-order valence-corrected chi connectivity index (χ4v) is 3.46. The Bertz CT molecular complexity index is 527. The van der Waals surface area contributed by atoms with Crippen LogP contribution in [0.4, 0.5) is 0 Å². The molecule has 1 aliphatic rings. The highest BCUT2D eigenvalue weighted by molar-refractivity contribution is 5.79. The second kappa shape index (κ2) is 9.67. The number of hydrogen-bond acceptors (Lipinski definition) is 2. The van der Waals surface area contributed by atoms with Crippen molar-refractivity contribution in [2.45, 2.75) is 46.0 Å². The van der Waals surface area contributed by atoms with Gasteiger partial charge in [-0.2, -0.15) is 0 Å². The maximum absolute atomic E-state index is 9.25. The van der Waals surface area contributed by atoms with E-state index in [-0.39, 0.29) is 6.61 Å². The highest BCUT2D eigenvalue weighted by atomic mass is 16.3. The summed E-state index contributed by atoms with van der Waals surface area (Å²) in [6.45, 7) is 9.36. The Morgan fingerprint density at radius 1 is 1.29 bits per heavy atom. The van der Waals surface area contributed by atoms with E-state index in [9.17, 15) is 5.11 Å². The van der Waals surface area contributed by atoms with Crippen LogP contribution in [-0.4, -0.2) is 37.3 Å². The lowest BCUT2D eigenvalue weighted by Crippen LogP contribution is -2.41. The van der Waals surface area contributed by atoms with E-state index in [0.717, 1.165) is 44.9 Å². The van der Waals surface area contributed by atoms with E-state index < -0.39 is 0 Å². The predicted molar refractivity (Wildman–Crippen MR) is 102 cm³/mol. The molecule has 4 heteroatoms. The van der Waals surface area contributed by atoms with E-state index in [1.807, 2.05) is 0 Å². The van der Waals surface area contributed by atoms with Gasteiger partial charge in [0.1, 0.15) is 0 Å². The summed E-state index contributed by atoms with van der Waals surface area (Å²) in [6.07, 6.45) is 3.10. The first-order valence-electron chi connectivity index (χ1n) is 9.34. The summed E-state index contributed by atoms with van der Waals surface area (Å²) in [6, 6.07) is 8.69. The summed E-state index contributed by atoms with van der Waals surface area (Å²) >= 11 is 0. The van der Waals surface area contributed by atoms with Gasteiger partial charge in [0.15, 0.2) is 5.96 Å². The van der Waals surface area contributed by atoms with E-state index in [0.29, 0.717) is 17.8 Å². The number of aliphatic imine (C=N–C) groups is 1. The van der Waals surface area contributed by atoms with Crippen molar-refractivity contribution in [1.82, 2.24) is 10.6 Å². The molecule has 0 spiro atoms. The fraction of sp³-hybridized carbons (Fsp3) is 0.650. The molecule has 1 aliphatic carbocycles. The Hall–Kier alpha value is -1.55. The number of aliphatic hydroxyl groups is 1. The van der Waals surface area contributed by atoms with Gasteiger partial charge in [0.2, 0.25) is 0 Å². The summed E-state index contributed by atoms with van der Waals surface area (Å²) < 4.78 is 0. The van der Waals surface area contributed by atoms with Crippen LogP contribution in [0.25, 0.3) is 0 Å². The van der Waals surface area contributed by atoms with E-state index in [2.05, 4.69) is 55.7 Å². The van der Waals surface area contributed by atoms with Crippen LogP contribution in [0.15, 0.2) is 29.3 Å². The number of benzene rings is 1. The molecular formula is C20H33N3O. The number of rotatable bonds is 9. The third kappa shape index (κ3) is 5.52. The van der Waals surface area contributed by atoms with Gasteiger partial charge < -0.3 is 15.7 Å². The van der Waals surface area contributed by atoms with Gasteiger partial charge in [-0.05, 0) is 49.1 Å². The molecule has 2 unspecified atom stereocenters. The Morgan fingerprint density at radius 3 is 2.75 bits per heavy atom. The van der Waals surface area contributed by atoms with E-state index >= 15 is 0 Å². The molecule has 0 saturated heterocycles. The minimum atomic E-state index is 0.246. The van der Waals surface area contributed by atoms with Crippen LogP contribution in [0.2, 0.25) is 0 Å². The van der Waals surface area contributed by atoms with Crippen molar-refractivity contribution >= 4 is 5.96 Å². The summed E-state index contributed by atoms with van der Waals surface area (Å²) in [5, 5.41) is 16.1. The van der Waals surface area contributed by atoms with Gasteiger partial charge in [-0.15, -0.1) is 0 Å². The molecule has 4 nitrogen and oxygen atoms in total. The van der Waals surface area contributed by atoms with Gasteiger partial charge in [0.25, 0.3) is 0 Å². The van der Waals surface area contributed by atoms with Crippen LogP contribution in [0.5, 0.6) is 0 Å². The Morgan fingerprint density at radius 2 is 2.08 bits per heavy atom. The van der Waals surface area contributed by atoms with Crippen LogP contribution < -0.4 is 10.6 Å². The van der Waals surface area contributed by atoms with Crippen LogP contribution >= 0.6 is 0 Å². The molecule has 134 valence electrons. The number of nitrogens with zero attached hydrogens (tertiary/aromatic N) is 1. The average molecular weight is 332 g/mol. The minimum Gasteiger partial charge on any atom is -0.396 e. The third-order valence-electron chi connectivity index (χ3n) is 4.67. The second-order valence-electron chi connectivity index (χ2n) is 7.21. The predicted octanol–water partition coefficient (Wildman–Crippen LogP) is 2.93. The first kappa shape index (κ1) is 18.8. The van der Waals surface area contributed by atoms with Gasteiger partial charge in [-0.1, -0.05) is 38.1 Å². The topological polar surface area (TPSA) is 56.7 Å². The number of fused-ring (bicyclic) bond motifs is 1. The molecule has 0 saturated carbocycles. The van der Waals surface area contributed by atoms with Crippen molar-refractivity contribution in [3.63, 3.8) is 0 Å². The number of aliphatic hydroxyl groups excluding tert-OH is 1. The smallest absolute Gasteiger partial charge is 0.191 e. The molecular weight excluding hydrogens is 298 g/mol. The molecule has 1 aromatic rings. The highest BCUT2D eigenvalue weighted by Gasteiger charge is 2.25. The van der Waals surface area contributed by atoms with Crippen molar-refractivity contribution in [1.29, 1.82) is 0 Å². The molecule has 0 aliphatic heterocycles.